The normalized spacial score (nSPS) is 12.2. The summed E-state index contributed by atoms with van der Waals surface area (Å²) in [5, 5.41) is 9.55. The van der Waals surface area contributed by atoms with Crippen LogP contribution in [0.15, 0.2) is 36.4 Å². The van der Waals surface area contributed by atoms with Crippen LogP contribution in [-0.2, 0) is 6.61 Å². The monoisotopic (exact) mass is 282 g/mol. The van der Waals surface area contributed by atoms with Crippen molar-refractivity contribution in [2.45, 2.75) is 19.6 Å². The lowest BCUT2D eigenvalue weighted by Crippen LogP contribution is -2.02. The highest BCUT2D eigenvalue weighted by Crippen LogP contribution is 2.26. The average Bonchev–Trinajstić information content (AvgIpc) is 2.41. The minimum absolute atomic E-state index is 0.0114. The number of benzene rings is 2. The van der Waals surface area contributed by atoms with E-state index in [1.165, 1.54) is 31.2 Å². The molecule has 0 heterocycles. The van der Waals surface area contributed by atoms with Gasteiger partial charge in [0.1, 0.15) is 18.2 Å². The van der Waals surface area contributed by atoms with E-state index in [0.717, 1.165) is 12.1 Å². The Labute approximate surface area is 114 Å². The fourth-order valence-electron chi connectivity index (χ4n) is 1.77. The van der Waals surface area contributed by atoms with Crippen molar-refractivity contribution in [2.75, 3.05) is 0 Å². The molecule has 0 aromatic heterocycles. The second-order valence-corrected chi connectivity index (χ2v) is 4.40. The Balaban J connectivity index is 2.16. The Kier molecular flexibility index (Phi) is 4.29. The minimum atomic E-state index is -0.957. The largest absolute Gasteiger partial charge is 0.489 e. The Morgan fingerprint density at radius 3 is 2.45 bits per heavy atom. The summed E-state index contributed by atoms with van der Waals surface area (Å²) in [6.45, 7) is 1.47. The van der Waals surface area contributed by atoms with E-state index in [0.29, 0.717) is 16.9 Å². The van der Waals surface area contributed by atoms with Crippen LogP contribution in [0.1, 0.15) is 24.2 Å². The lowest BCUT2D eigenvalue weighted by molar-refractivity contribution is 0.189. The molecule has 0 saturated heterocycles. The molecule has 0 aliphatic heterocycles. The van der Waals surface area contributed by atoms with Crippen molar-refractivity contribution >= 4 is 0 Å². The van der Waals surface area contributed by atoms with Crippen LogP contribution < -0.4 is 4.74 Å². The third-order valence-corrected chi connectivity index (χ3v) is 2.80. The summed E-state index contributed by atoms with van der Waals surface area (Å²) in [7, 11) is 0. The van der Waals surface area contributed by atoms with Gasteiger partial charge in [-0.3, -0.25) is 0 Å². The van der Waals surface area contributed by atoms with Gasteiger partial charge in [-0.25, -0.2) is 13.2 Å². The minimum Gasteiger partial charge on any atom is -0.489 e. The average molecular weight is 282 g/mol. The first-order chi connectivity index (χ1) is 9.47. The van der Waals surface area contributed by atoms with Crippen molar-refractivity contribution in [3.8, 4) is 5.75 Å². The molecule has 0 aliphatic rings. The molecule has 2 rings (SSSR count). The van der Waals surface area contributed by atoms with Gasteiger partial charge >= 0.3 is 0 Å². The molecule has 0 radical (unpaired) electrons. The van der Waals surface area contributed by atoms with E-state index in [4.69, 9.17) is 4.74 Å². The Morgan fingerprint density at radius 1 is 1.05 bits per heavy atom. The maximum Gasteiger partial charge on any atom is 0.159 e. The molecule has 0 unspecified atom stereocenters. The highest BCUT2D eigenvalue weighted by atomic mass is 19.2. The highest BCUT2D eigenvalue weighted by molar-refractivity contribution is 5.35. The molecular formula is C15H13F3O2. The molecule has 0 aliphatic carbocycles. The molecule has 2 aromatic rings. The van der Waals surface area contributed by atoms with Gasteiger partial charge in [0.25, 0.3) is 0 Å². The summed E-state index contributed by atoms with van der Waals surface area (Å²) in [4.78, 5) is 0. The van der Waals surface area contributed by atoms with Gasteiger partial charge < -0.3 is 9.84 Å². The first-order valence-electron chi connectivity index (χ1n) is 6.01. The van der Waals surface area contributed by atoms with E-state index in [1.54, 1.807) is 0 Å². The number of rotatable bonds is 4. The summed E-state index contributed by atoms with van der Waals surface area (Å²) in [5.74, 6) is -2.08. The third kappa shape index (κ3) is 3.30. The van der Waals surface area contributed by atoms with E-state index in [1.807, 2.05) is 0 Å². The third-order valence-electron chi connectivity index (χ3n) is 2.80. The zero-order valence-electron chi connectivity index (χ0n) is 10.7. The summed E-state index contributed by atoms with van der Waals surface area (Å²) in [6, 6.07) is 7.19. The predicted octanol–water partition coefficient (Wildman–Crippen LogP) is 3.74. The van der Waals surface area contributed by atoms with Crippen LogP contribution in [0.2, 0.25) is 0 Å². The van der Waals surface area contributed by atoms with E-state index in [9.17, 15) is 18.3 Å². The fraction of sp³-hybridized carbons (Fsp3) is 0.200. The first-order valence-corrected chi connectivity index (χ1v) is 6.01. The molecule has 0 spiro atoms. The molecule has 20 heavy (non-hydrogen) atoms. The van der Waals surface area contributed by atoms with Crippen LogP contribution in [0.25, 0.3) is 0 Å². The van der Waals surface area contributed by atoms with Gasteiger partial charge in [-0.05, 0) is 42.8 Å². The van der Waals surface area contributed by atoms with Crippen LogP contribution in [0.5, 0.6) is 5.75 Å². The van der Waals surface area contributed by atoms with Crippen molar-refractivity contribution in [3.63, 3.8) is 0 Å². The first kappa shape index (κ1) is 14.4. The van der Waals surface area contributed by atoms with Gasteiger partial charge in [0.15, 0.2) is 11.6 Å². The molecule has 0 saturated carbocycles. The molecule has 1 atom stereocenters. The Morgan fingerprint density at radius 2 is 1.80 bits per heavy atom. The summed E-state index contributed by atoms with van der Waals surface area (Å²) in [6.07, 6.45) is -0.898. The van der Waals surface area contributed by atoms with Crippen molar-refractivity contribution in [2.24, 2.45) is 0 Å². The fourth-order valence-corrected chi connectivity index (χ4v) is 1.77. The zero-order chi connectivity index (χ0) is 14.7. The molecular weight excluding hydrogens is 269 g/mol. The van der Waals surface area contributed by atoms with Crippen LogP contribution in [-0.4, -0.2) is 5.11 Å². The highest BCUT2D eigenvalue weighted by Gasteiger charge is 2.11. The lowest BCUT2D eigenvalue weighted by atomic mass is 10.1. The van der Waals surface area contributed by atoms with Gasteiger partial charge in [-0.1, -0.05) is 6.07 Å². The zero-order valence-corrected chi connectivity index (χ0v) is 10.7. The maximum absolute atomic E-state index is 13.1. The topological polar surface area (TPSA) is 29.5 Å². The second kappa shape index (κ2) is 5.96. The van der Waals surface area contributed by atoms with E-state index < -0.39 is 23.6 Å². The number of aliphatic hydroxyl groups excluding tert-OH is 1. The standard InChI is InChI=1S/C15H13F3O2/c1-9(19)12-7-11(16)3-5-15(12)20-8-10-2-4-13(17)14(18)6-10/h2-7,9,19H,8H2,1H3/t9-/m0/s1. The molecule has 2 aromatic carbocycles. The van der Waals surface area contributed by atoms with Crippen molar-refractivity contribution < 1.29 is 23.0 Å². The summed E-state index contributed by atoms with van der Waals surface area (Å²) >= 11 is 0. The molecule has 106 valence electrons. The van der Waals surface area contributed by atoms with Crippen molar-refractivity contribution in [1.29, 1.82) is 0 Å². The molecule has 1 N–H and O–H groups in total. The number of aliphatic hydroxyl groups is 1. The van der Waals surface area contributed by atoms with Crippen LogP contribution in [0.3, 0.4) is 0 Å². The molecule has 0 fully saturated rings. The molecule has 0 amide bonds. The van der Waals surface area contributed by atoms with Gasteiger partial charge in [0.05, 0.1) is 6.10 Å². The Bertz CT molecular complexity index is 612. The number of ether oxygens (including phenoxy) is 1. The van der Waals surface area contributed by atoms with Crippen LogP contribution in [0.4, 0.5) is 13.2 Å². The van der Waals surface area contributed by atoms with Gasteiger partial charge in [-0.15, -0.1) is 0 Å². The van der Waals surface area contributed by atoms with Crippen molar-refractivity contribution in [3.05, 3.63) is 65.0 Å². The number of halogens is 3. The van der Waals surface area contributed by atoms with E-state index in [2.05, 4.69) is 0 Å². The van der Waals surface area contributed by atoms with Gasteiger partial charge in [-0.2, -0.15) is 0 Å². The lowest BCUT2D eigenvalue weighted by Gasteiger charge is -2.13. The molecule has 0 bridgehead atoms. The number of hydrogen-bond acceptors (Lipinski definition) is 2. The van der Waals surface area contributed by atoms with Crippen molar-refractivity contribution in [1.82, 2.24) is 0 Å². The SMILES string of the molecule is C[C@H](O)c1cc(F)ccc1OCc1ccc(F)c(F)c1. The van der Waals surface area contributed by atoms with Gasteiger partial charge in [0, 0.05) is 5.56 Å². The summed E-state index contributed by atoms with van der Waals surface area (Å²) in [5.41, 5.74) is 0.734. The predicted molar refractivity (Wildman–Crippen MR) is 67.7 cm³/mol. The second-order valence-electron chi connectivity index (χ2n) is 4.40. The number of hydrogen-bond donors (Lipinski definition) is 1. The van der Waals surface area contributed by atoms with Crippen LogP contribution in [0, 0.1) is 17.5 Å². The van der Waals surface area contributed by atoms with Crippen LogP contribution >= 0.6 is 0 Å². The van der Waals surface area contributed by atoms with Gasteiger partial charge in [0.2, 0.25) is 0 Å². The molecule has 5 heteroatoms. The summed E-state index contributed by atoms with van der Waals surface area (Å²) < 4.78 is 44.4. The van der Waals surface area contributed by atoms with E-state index in [-0.39, 0.29) is 6.61 Å². The van der Waals surface area contributed by atoms with E-state index >= 15 is 0 Å². The smallest absolute Gasteiger partial charge is 0.159 e. The maximum atomic E-state index is 13.1. The Hall–Kier alpha value is -2.01. The quantitative estimate of drug-likeness (QED) is 0.925. The molecule has 2 nitrogen and oxygen atoms in total.